The summed E-state index contributed by atoms with van der Waals surface area (Å²) < 4.78 is 0. The van der Waals surface area contributed by atoms with Gasteiger partial charge >= 0.3 is 5.97 Å². The highest BCUT2D eigenvalue weighted by molar-refractivity contribution is 9.09. The Morgan fingerprint density at radius 3 is 2.92 bits per heavy atom. The van der Waals surface area contributed by atoms with Crippen molar-refractivity contribution in [1.29, 1.82) is 0 Å². The first-order valence-electron chi connectivity index (χ1n) is 3.80. The number of alkyl halides is 1. The van der Waals surface area contributed by atoms with Gasteiger partial charge in [-0.3, -0.25) is 0 Å². The fourth-order valence-corrected chi connectivity index (χ4v) is 1.14. The lowest BCUT2D eigenvalue weighted by molar-refractivity contribution is 0.0697. The van der Waals surface area contributed by atoms with Gasteiger partial charge in [0.05, 0.1) is 5.56 Å². The predicted octanol–water partition coefficient (Wildman–Crippen LogP) is 2.79. The number of allylic oxidation sites excluding steroid dienone is 1. The van der Waals surface area contributed by atoms with Gasteiger partial charge in [-0.1, -0.05) is 40.2 Å². The van der Waals surface area contributed by atoms with Crippen LogP contribution in [0.5, 0.6) is 0 Å². The van der Waals surface area contributed by atoms with Gasteiger partial charge < -0.3 is 5.11 Å². The van der Waals surface area contributed by atoms with Gasteiger partial charge in [-0.15, -0.1) is 0 Å². The fourth-order valence-electron chi connectivity index (χ4n) is 0.956. The highest BCUT2D eigenvalue weighted by Crippen LogP contribution is 2.07. The molecule has 1 aromatic rings. The van der Waals surface area contributed by atoms with Crippen LogP contribution in [0.3, 0.4) is 0 Å². The summed E-state index contributed by atoms with van der Waals surface area (Å²) in [6.45, 7) is 0. The number of carboxylic acid groups (broad SMARTS) is 1. The molecule has 3 heteroatoms. The molecule has 1 rings (SSSR count). The van der Waals surface area contributed by atoms with Gasteiger partial charge in [0.25, 0.3) is 0 Å². The zero-order valence-corrected chi connectivity index (χ0v) is 8.49. The highest BCUT2D eigenvalue weighted by atomic mass is 79.9. The minimum absolute atomic E-state index is 0.316. The zero-order valence-electron chi connectivity index (χ0n) is 6.90. The number of rotatable bonds is 3. The van der Waals surface area contributed by atoms with Gasteiger partial charge in [-0.05, 0) is 17.7 Å². The third kappa shape index (κ3) is 3.03. The zero-order chi connectivity index (χ0) is 9.68. The van der Waals surface area contributed by atoms with E-state index in [4.69, 9.17) is 5.11 Å². The molecule has 0 heterocycles. The number of carboxylic acids is 1. The van der Waals surface area contributed by atoms with Crippen LogP contribution in [0, 0.1) is 0 Å². The lowest BCUT2D eigenvalue weighted by Gasteiger charge is -1.95. The number of halogens is 1. The van der Waals surface area contributed by atoms with Crippen LogP contribution in [0.4, 0.5) is 0 Å². The molecule has 0 aliphatic heterocycles. The van der Waals surface area contributed by atoms with Crippen molar-refractivity contribution in [2.24, 2.45) is 0 Å². The van der Waals surface area contributed by atoms with Crippen LogP contribution in [0.1, 0.15) is 15.9 Å². The molecule has 0 aromatic heterocycles. The Labute approximate surface area is 85.0 Å². The first-order chi connectivity index (χ1) is 6.24. The summed E-state index contributed by atoms with van der Waals surface area (Å²) in [7, 11) is 0. The maximum absolute atomic E-state index is 10.6. The minimum Gasteiger partial charge on any atom is -0.478 e. The van der Waals surface area contributed by atoms with Crippen LogP contribution in [0.15, 0.2) is 30.3 Å². The number of carbonyl (C=O) groups is 1. The second-order valence-corrected chi connectivity index (χ2v) is 3.13. The first-order valence-corrected chi connectivity index (χ1v) is 4.92. The molecule has 1 aromatic carbocycles. The van der Waals surface area contributed by atoms with Crippen molar-refractivity contribution in [2.75, 3.05) is 5.33 Å². The highest BCUT2D eigenvalue weighted by Gasteiger charge is 2.00. The molecule has 0 amide bonds. The molecule has 0 saturated heterocycles. The maximum Gasteiger partial charge on any atom is 0.335 e. The van der Waals surface area contributed by atoms with Crippen LogP contribution in [0.2, 0.25) is 0 Å². The number of aromatic carboxylic acids is 1. The molecule has 13 heavy (non-hydrogen) atoms. The molecule has 0 unspecified atom stereocenters. The fraction of sp³-hybridized carbons (Fsp3) is 0.100. The van der Waals surface area contributed by atoms with Crippen LogP contribution in [-0.2, 0) is 0 Å². The van der Waals surface area contributed by atoms with Gasteiger partial charge in [-0.2, -0.15) is 0 Å². The molecule has 0 radical (unpaired) electrons. The third-order valence-corrected chi connectivity index (χ3v) is 1.91. The van der Waals surface area contributed by atoms with E-state index in [0.717, 1.165) is 10.9 Å². The monoisotopic (exact) mass is 240 g/mol. The molecule has 1 N–H and O–H groups in total. The standard InChI is InChI=1S/C10H9BrO2/c11-6-2-4-8-3-1-5-9(7-8)10(12)13/h1-5,7H,6H2,(H,12,13)/b4-2+. The summed E-state index contributed by atoms with van der Waals surface area (Å²) in [6.07, 6.45) is 3.79. The number of hydrogen-bond donors (Lipinski definition) is 1. The second kappa shape index (κ2) is 4.82. The van der Waals surface area contributed by atoms with E-state index in [1.54, 1.807) is 18.2 Å². The molecular weight excluding hydrogens is 232 g/mol. The molecule has 0 aliphatic rings. The topological polar surface area (TPSA) is 37.3 Å². The van der Waals surface area contributed by atoms with Gasteiger partial charge in [0.15, 0.2) is 0 Å². The van der Waals surface area contributed by atoms with Crippen molar-refractivity contribution < 1.29 is 9.90 Å². The van der Waals surface area contributed by atoms with Crippen molar-refractivity contribution in [3.05, 3.63) is 41.5 Å². The van der Waals surface area contributed by atoms with Crippen LogP contribution < -0.4 is 0 Å². The Bertz CT molecular complexity index is 331. The van der Waals surface area contributed by atoms with Crippen molar-refractivity contribution in [1.82, 2.24) is 0 Å². The van der Waals surface area contributed by atoms with E-state index in [9.17, 15) is 4.79 Å². The Balaban J connectivity index is 2.92. The lowest BCUT2D eigenvalue weighted by atomic mass is 10.1. The normalized spacial score (nSPS) is 10.5. The van der Waals surface area contributed by atoms with E-state index in [1.807, 2.05) is 18.2 Å². The van der Waals surface area contributed by atoms with E-state index in [-0.39, 0.29) is 0 Å². The molecule has 68 valence electrons. The van der Waals surface area contributed by atoms with Gasteiger partial charge in [0.1, 0.15) is 0 Å². The molecule has 0 bridgehead atoms. The van der Waals surface area contributed by atoms with Crippen LogP contribution in [-0.4, -0.2) is 16.4 Å². The predicted molar refractivity (Wildman–Crippen MR) is 56.2 cm³/mol. The van der Waals surface area contributed by atoms with Gasteiger partial charge in [-0.25, -0.2) is 4.79 Å². The Kier molecular flexibility index (Phi) is 3.71. The molecule has 0 aliphatic carbocycles. The number of hydrogen-bond acceptors (Lipinski definition) is 1. The molecule has 0 atom stereocenters. The second-order valence-electron chi connectivity index (χ2n) is 2.49. The molecule has 0 spiro atoms. The quantitative estimate of drug-likeness (QED) is 0.826. The summed E-state index contributed by atoms with van der Waals surface area (Å²) in [5.74, 6) is -0.894. The van der Waals surface area contributed by atoms with Gasteiger partial charge in [0.2, 0.25) is 0 Å². The van der Waals surface area contributed by atoms with Crippen molar-refractivity contribution in [3.8, 4) is 0 Å². The average Bonchev–Trinajstić information content (AvgIpc) is 2.15. The van der Waals surface area contributed by atoms with Crippen molar-refractivity contribution >= 4 is 28.0 Å². The largest absolute Gasteiger partial charge is 0.478 e. The lowest BCUT2D eigenvalue weighted by Crippen LogP contribution is -1.95. The molecule has 0 saturated carbocycles. The van der Waals surface area contributed by atoms with E-state index < -0.39 is 5.97 Å². The molecule has 2 nitrogen and oxygen atoms in total. The Morgan fingerprint density at radius 1 is 1.54 bits per heavy atom. The molecule has 0 fully saturated rings. The van der Waals surface area contributed by atoms with Gasteiger partial charge in [0, 0.05) is 5.33 Å². The molecular formula is C10H9BrO2. The van der Waals surface area contributed by atoms with Crippen LogP contribution in [0.25, 0.3) is 6.08 Å². The summed E-state index contributed by atoms with van der Waals surface area (Å²) in [5, 5.41) is 9.47. The SMILES string of the molecule is O=C(O)c1cccc(/C=C/CBr)c1. The third-order valence-electron chi connectivity index (χ3n) is 1.53. The summed E-state index contributed by atoms with van der Waals surface area (Å²) in [6, 6.07) is 6.82. The Hall–Kier alpha value is -1.09. The maximum atomic E-state index is 10.6. The van der Waals surface area contributed by atoms with Crippen molar-refractivity contribution in [3.63, 3.8) is 0 Å². The van der Waals surface area contributed by atoms with Crippen molar-refractivity contribution in [2.45, 2.75) is 0 Å². The minimum atomic E-state index is -0.894. The first kappa shape index (κ1) is 9.99. The number of benzene rings is 1. The summed E-state index contributed by atoms with van der Waals surface area (Å²) in [4.78, 5) is 10.6. The van der Waals surface area contributed by atoms with E-state index in [0.29, 0.717) is 5.56 Å². The van der Waals surface area contributed by atoms with E-state index in [2.05, 4.69) is 15.9 Å². The van der Waals surface area contributed by atoms with E-state index >= 15 is 0 Å². The van der Waals surface area contributed by atoms with E-state index in [1.165, 1.54) is 0 Å². The smallest absolute Gasteiger partial charge is 0.335 e. The summed E-state index contributed by atoms with van der Waals surface area (Å²) >= 11 is 3.25. The Morgan fingerprint density at radius 2 is 2.31 bits per heavy atom. The average molecular weight is 241 g/mol. The van der Waals surface area contributed by atoms with Crippen LogP contribution >= 0.6 is 15.9 Å². The summed E-state index contributed by atoms with van der Waals surface area (Å²) in [5.41, 5.74) is 1.22.